The molecule has 0 amide bonds. The third kappa shape index (κ3) is 3.33. The van der Waals surface area contributed by atoms with Gasteiger partial charge in [-0.05, 0) is 24.6 Å². The average molecular weight is 246 g/mol. The summed E-state index contributed by atoms with van der Waals surface area (Å²) in [6.07, 6.45) is 7.35. The van der Waals surface area contributed by atoms with Gasteiger partial charge in [0.15, 0.2) is 0 Å². The molecular weight excluding hydrogens is 228 g/mol. The van der Waals surface area contributed by atoms with Crippen molar-refractivity contribution in [3.8, 4) is 0 Å². The SMILES string of the molecule is CCCNC(Cc1cn(C)nn1)c1ccnnc1. The third-order valence-corrected chi connectivity index (χ3v) is 2.71. The zero-order valence-corrected chi connectivity index (χ0v) is 10.7. The normalized spacial score (nSPS) is 12.6. The number of hydrogen-bond acceptors (Lipinski definition) is 5. The van der Waals surface area contributed by atoms with Crippen LogP contribution in [0.25, 0.3) is 0 Å². The Morgan fingerprint density at radius 1 is 1.39 bits per heavy atom. The highest BCUT2D eigenvalue weighted by molar-refractivity contribution is 5.14. The van der Waals surface area contributed by atoms with E-state index in [4.69, 9.17) is 0 Å². The molecule has 2 heterocycles. The van der Waals surface area contributed by atoms with Crippen LogP contribution in [0, 0.1) is 0 Å². The average Bonchev–Trinajstić information content (AvgIpc) is 2.81. The first-order valence-electron chi connectivity index (χ1n) is 6.14. The van der Waals surface area contributed by atoms with E-state index in [9.17, 15) is 0 Å². The highest BCUT2D eigenvalue weighted by Crippen LogP contribution is 2.15. The van der Waals surface area contributed by atoms with Crippen LogP contribution in [0.2, 0.25) is 0 Å². The molecule has 2 rings (SSSR count). The first kappa shape index (κ1) is 12.6. The molecule has 96 valence electrons. The number of nitrogens with one attached hydrogen (secondary N) is 1. The summed E-state index contributed by atoms with van der Waals surface area (Å²) in [7, 11) is 1.87. The second kappa shape index (κ2) is 6.20. The van der Waals surface area contributed by atoms with Crippen molar-refractivity contribution in [3.63, 3.8) is 0 Å². The molecule has 0 bridgehead atoms. The van der Waals surface area contributed by atoms with Gasteiger partial charge < -0.3 is 5.32 Å². The Hall–Kier alpha value is -1.82. The molecule has 1 atom stereocenters. The van der Waals surface area contributed by atoms with Gasteiger partial charge in [0.1, 0.15) is 0 Å². The van der Waals surface area contributed by atoms with E-state index < -0.39 is 0 Å². The summed E-state index contributed by atoms with van der Waals surface area (Å²) in [4.78, 5) is 0. The van der Waals surface area contributed by atoms with Gasteiger partial charge in [0.05, 0.1) is 11.9 Å². The van der Waals surface area contributed by atoms with Crippen molar-refractivity contribution in [1.29, 1.82) is 0 Å². The number of rotatable bonds is 6. The minimum absolute atomic E-state index is 0.206. The van der Waals surface area contributed by atoms with E-state index in [-0.39, 0.29) is 6.04 Å². The summed E-state index contributed by atoms with van der Waals surface area (Å²) in [6, 6.07) is 2.19. The molecule has 0 saturated heterocycles. The van der Waals surface area contributed by atoms with Crippen LogP contribution in [-0.2, 0) is 13.5 Å². The van der Waals surface area contributed by atoms with E-state index in [0.29, 0.717) is 0 Å². The van der Waals surface area contributed by atoms with Crippen LogP contribution in [0.1, 0.15) is 30.6 Å². The molecule has 18 heavy (non-hydrogen) atoms. The maximum absolute atomic E-state index is 4.13. The van der Waals surface area contributed by atoms with E-state index >= 15 is 0 Å². The molecule has 6 nitrogen and oxygen atoms in total. The van der Waals surface area contributed by atoms with Crippen LogP contribution in [-0.4, -0.2) is 31.7 Å². The molecule has 1 N–H and O–H groups in total. The molecule has 2 aromatic heterocycles. The molecule has 0 spiro atoms. The van der Waals surface area contributed by atoms with Crippen molar-refractivity contribution in [2.24, 2.45) is 7.05 Å². The van der Waals surface area contributed by atoms with Crippen molar-refractivity contribution < 1.29 is 0 Å². The van der Waals surface area contributed by atoms with Crippen LogP contribution < -0.4 is 5.32 Å². The standard InChI is InChI=1S/C12H18N6/c1-3-5-13-12(10-4-6-14-15-8-10)7-11-9-18(2)17-16-11/h4,6,8-9,12-13H,3,5,7H2,1-2H3. The van der Waals surface area contributed by atoms with Gasteiger partial charge in [0.2, 0.25) is 0 Å². The lowest BCUT2D eigenvalue weighted by Gasteiger charge is -2.16. The van der Waals surface area contributed by atoms with Crippen molar-refractivity contribution in [3.05, 3.63) is 35.9 Å². The fourth-order valence-electron chi connectivity index (χ4n) is 1.83. The monoisotopic (exact) mass is 246 g/mol. The lowest BCUT2D eigenvalue weighted by atomic mass is 10.0. The second-order valence-electron chi connectivity index (χ2n) is 4.27. The molecule has 6 heteroatoms. The summed E-state index contributed by atoms with van der Waals surface area (Å²) >= 11 is 0. The molecule has 0 aromatic carbocycles. The second-order valence-corrected chi connectivity index (χ2v) is 4.27. The zero-order valence-electron chi connectivity index (χ0n) is 10.7. The van der Waals surface area contributed by atoms with Crippen LogP contribution >= 0.6 is 0 Å². The molecular formula is C12H18N6. The minimum atomic E-state index is 0.206. The van der Waals surface area contributed by atoms with E-state index in [1.54, 1.807) is 17.1 Å². The fraction of sp³-hybridized carbons (Fsp3) is 0.500. The maximum atomic E-state index is 4.13. The Balaban J connectivity index is 2.10. The summed E-state index contributed by atoms with van der Waals surface area (Å²) < 4.78 is 1.72. The van der Waals surface area contributed by atoms with Crippen LogP contribution in [0.4, 0.5) is 0 Å². The summed E-state index contributed by atoms with van der Waals surface area (Å²) in [5, 5.41) is 19.3. The molecule has 0 radical (unpaired) electrons. The van der Waals surface area contributed by atoms with Crippen LogP contribution in [0.3, 0.4) is 0 Å². The van der Waals surface area contributed by atoms with E-state index in [2.05, 4.69) is 32.7 Å². The Bertz CT molecular complexity index is 466. The van der Waals surface area contributed by atoms with Crippen molar-refractivity contribution in [2.45, 2.75) is 25.8 Å². The Morgan fingerprint density at radius 2 is 2.28 bits per heavy atom. The minimum Gasteiger partial charge on any atom is -0.310 e. The number of hydrogen-bond donors (Lipinski definition) is 1. The topological polar surface area (TPSA) is 68.5 Å². The largest absolute Gasteiger partial charge is 0.310 e. The molecule has 0 aliphatic carbocycles. The van der Waals surface area contributed by atoms with E-state index in [1.165, 1.54) is 0 Å². The van der Waals surface area contributed by atoms with E-state index in [1.807, 2.05) is 19.3 Å². The predicted octanol–water partition coefficient (Wildman–Crippen LogP) is 0.888. The Labute approximate surface area is 106 Å². The highest BCUT2D eigenvalue weighted by Gasteiger charge is 2.13. The Kier molecular flexibility index (Phi) is 4.35. The first-order valence-corrected chi connectivity index (χ1v) is 6.14. The smallest absolute Gasteiger partial charge is 0.0845 e. The Morgan fingerprint density at radius 3 is 2.89 bits per heavy atom. The van der Waals surface area contributed by atoms with Gasteiger partial charge in [-0.15, -0.1) is 5.10 Å². The van der Waals surface area contributed by atoms with Gasteiger partial charge in [-0.3, -0.25) is 4.68 Å². The predicted molar refractivity (Wildman–Crippen MR) is 67.8 cm³/mol. The summed E-state index contributed by atoms with van der Waals surface area (Å²) in [6.45, 7) is 3.12. The molecule has 0 saturated carbocycles. The van der Waals surface area contributed by atoms with Gasteiger partial charge >= 0.3 is 0 Å². The van der Waals surface area contributed by atoms with Gasteiger partial charge in [0, 0.05) is 31.9 Å². The van der Waals surface area contributed by atoms with Crippen molar-refractivity contribution in [2.75, 3.05) is 6.54 Å². The number of aryl methyl sites for hydroxylation is 1. The maximum Gasteiger partial charge on any atom is 0.0845 e. The molecule has 2 aromatic rings. The van der Waals surface area contributed by atoms with E-state index in [0.717, 1.165) is 30.6 Å². The van der Waals surface area contributed by atoms with Gasteiger partial charge in [-0.2, -0.15) is 10.2 Å². The quantitative estimate of drug-likeness (QED) is 0.819. The highest BCUT2D eigenvalue weighted by atomic mass is 15.4. The lowest BCUT2D eigenvalue weighted by Crippen LogP contribution is -2.24. The molecule has 0 aliphatic rings. The van der Waals surface area contributed by atoms with Gasteiger partial charge in [-0.25, -0.2) is 0 Å². The fourth-order valence-corrected chi connectivity index (χ4v) is 1.83. The van der Waals surface area contributed by atoms with Gasteiger partial charge in [0.25, 0.3) is 0 Å². The summed E-state index contributed by atoms with van der Waals surface area (Å²) in [5.41, 5.74) is 2.10. The molecule has 0 fully saturated rings. The summed E-state index contributed by atoms with van der Waals surface area (Å²) in [5.74, 6) is 0. The molecule has 0 aliphatic heterocycles. The lowest BCUT2D eigenvalue weighted by molar-refractivity contribution is 0.521. The molecule has 1 unspecified atom stereocenters. The van der Waals surface area contributed by atoms with Crippen molar-refractivity contribution >= 4 is 0 Å². The zero-order chi connectivity index (χ0) is 12.8. The van der Waals surface area contributed by atoms with Crippen LogP contribution in [0.15, 0.2) is 24.7 Å². The number of nitrogens with zero attached hydrogens (tertiary/aromatic N) is 5. The third-order valence-electron chi connectivity index (χ3n) is 2.71. The first-order chi connectivity index (χ1) is 8.79. The van der Waals surface area contributed by atoms with Crippen molar-refractivity contribution in [1.82, 2.24) is 30.5 Å². The van der Waals surface area contributed by atoms with Gasteiger partial charge in [-0.1, -0.05) is 12.1 Å². The number of aromatic nitrogens is 5. The van der Waals surface area contributed by atoms with Crippen LogP contribution in [0.5, 0.6) is 0 Å².